The summed E-state index contributed by atoms with van der Waals surface area (Å²) >= 11 is 7.74. The number of amides is 1. The van der Waals surface area contributed by atoms with E-state index in [4.69, 9.17) is 11.6 Å². The first kappa shape index (κ1) is 20.9. The molecule has 1 aromatic heterocycles. The van der Waals surface area contributed by atoms with Crippen molar-refractivity contribution in [1.82, 2.24) is 14.9 Å². The lowest BCUT2D eigenvalue weighted by atomic mass is 10.1. The Labute approximate surface area is 176 Å². The number of likely N-dealkylation sites (tertiary alicyclic amines) is 1. The summed E-state index contributed by atoms with van der Waals surface area (Å²) in [4.78, 5) is 25.8. The van der Waals surface area contributed by atoms with Gasteiger partial charge in [-0.1, -0.05) is 35.5 Å². The number of rotatable bonds is 7. The normalized spacial score (nSPS) is 14.2. The largest absolute Gasteiger partial charge is 0.357 e. The van der Waals surface area contributed by atoms with E-state index >= 15 is 0 Å². The van der Waals surface area contributed by atoms with Crippen LogP contribution in [0.3, 0.4) is 0 Å². The minimum Gasteiger partial charge on any atom is -0.357 e. The molecule has 1 amide bonds. The van der Waals surface area contributed by atoms with Crippen molar-refractivity contribution in [3.05, 3.63) is 46.6 Å². The van der Waals surface area contributed by atoms with E-state index in [1.54, 1.807) is 6.07 Å². The summed E-state index contributed by atoms with van der Waals surface area (Å²) in [6, 6.07) is 9.68. The number of thioether (sulfide) groups is 1. The quantitative estimate of drug-likeness (QED) is 0.364. The first-order chi connectivity index (χ1) is 13.6. The average Bonchev–Trinajstić information content (AvgIpc) is 2.73. The van der Waals surface area contributed by atoms with Crippen LogP contribution in [0.15, 0.2) is 35.5 Å². The summed E-state index contributed by atoms with van der Waals surface area (Å²) in [6.45, 7) is 7.65. The minimum absolute atomic E-state index is 0.134. The number of piperidine rings is 1. The summed E-state index contributed by atoms with van der Waals surface area (Å²) in [5, 5.41) is 1.11. The Hall–Kier alpha value is -1.79. The standard InChI is InChI=1S/C21H27ClN4OS/c1-3-25(4-2)19-14-18(22)23-21(24-19)28-15-16-9-8-10-17(13-16)20(27)26-11-6-5-7-12-26/h8-10,13-14H,3-7,11-12,15H2,1-2H3. The molecule has 1 saturated heterocycles. The second-order valence-corrected chi connectivity index (χ2v) is 8.18. The summed E-state index contributed by atoms with van der Waals surface area (Å²) in [7, 11) is 0. The van der Waals surface area contributed by atoms with E-state index in [1.165, 1.54) is 18.2 Å². The van der Waals surface area contributed by atoms with Crippen molar-refractivity contribution in [2.24, 2.45) is 0 Å². The maximum absolute atomic E-state index is 12.7. The van der Waals surface area contributed by atoms with Crippen molar-refractivity contribution < 1.29 is 4.79 Å². The third-order valence-electron chi connectivity index (χ3n) is 4.93. The topological polar surface area (TPSA) is 49.3 Å². The Bertz CT molecular complexity index is 807. The highest BCUT2D eigenvalue weighted by molar-refractivity contribution is 7.98. The van der Waals surface area contributed by atoms with Gasteiger partial charge in [-0.2, -0.15) is 0 Å². The smallest absolute Gasteiger partial charge is 0.253 e. The number of benzene rings is 1. The predicted octanol–water partition coefficient (Wildman–Crippen LogP) is 4.89. The van der Waals surface area contributed by atoms with Gasteiger partial charge in [0.05, 0.1) is 0 Å². The number of carbonyl (C=O) groups is 1. The fraction of sp³-hybridized carbons (Fsp3) is 0.476. The SMILES string of the molecule is CCN(CC)c1cc(Cl)nc(SCc2cccc(C(=O)N3CCCCC3)c2)n1. The van der Waals surface area contributed by atoms with Gasteiger partial charge in [-0.05, 0) is 50.8 Å². The molecule has 0 N–H and O–H groups in total. The van der Waals surface area contributed by atoms with E-state index < -0.39 is 0 Å². The van der Waals surface area contributed by atoms with Crippen molar-refractivity contribution in [3.8, 4) is 0 Å². The molecule has 0 atom stereocenters. The molecule has 1 aliphatic rings. The second-order valence-electron chi connectivity index (χ2n) is 6.85. The number of hydrogen-bond acceptors (Lipinski definition) is 5. The van der Waals surface area contributed by atoms with E-state index in [9.17, 15) is 4.79 Å². The molecule has 3 rings (SSSR count). The second kappa shape index (κ2) is 10.1. The van der Waals surface area contributed by atoms with Gasteiger partial charge in [-0.25, -0.2) is 9.97 Å². The fourth-order valence-electron chi connectivity index (χ4n) is 3.38. The van der Waals surface area contributed by atoms with Crippen LogP contribution in [-0.2, 0) is 5.75 Å². The van der Waals surface area contributed by atoms with E-state index in [1.807, 2.05) is 29.2 Å². The molecule has 0 aliphatic carbocycles. The van der Waals surface area contributed by atoms with E-state index in [0.717, 1.165) is 56.0 Å². The van der Waals surface area contributed by atoms with Crippen LogP contribution < -0.4 is 4.90 Å². The molecule has 150 valence electrons. The van der Waals surface area contributed by atoms with Gasteiger partial charge < -0.3 is 9.80 Å². The molecule has 28 heavy (non-hydrogen) atoms. The van der Waals surface area contributed by atoms with Gasteiger partial charge in [0.25, 0.3) is 5.91 Å². The zero-order valence-electron chi connectivity index (χ0n) is 16.5. The lowest BCUT2D eigenvalue weighted by Gasteiger charge is -2.26. The van der Waals surface area contributed by atoms with E-state index in [0.29, 0.717) is 16.1 Å². The molecule has 1 aromatic carbocycles. The highest BCUT2D eigenvalue weighted by atomic mass is 35.5. The van der Waals surface area contributed by atoms with Crippen LogP contribution in [-0.4, -0.2) is 47.0 Å². The molecule has 7 heteroatoms. The van der Waals surface area contributed by atoms with E-state index in [-0.39, 0.29) is 5.91 Å². The monoisotopic (exact) mass is 418 g/mol. The van der Waals surface area contributed by atoms with Crippen molar-refractivity contribution in [1.29, 1.82) is 0 Å². The van der Waals surface area contributed by atoms with Crippen LogP contribution in [0.25, 0.3) is 0 Å². The lowest BCUT2D eigenvalue weighted by Crippen LogP contribution is -2.35. The highest BCUT2D eigenvalue weighted by Crippen LogP contribution is 2.25. The van der Waals surface area contributed by atoms with Crippen molar-refractivity contribution in [2.45, 2.75) is 44.0 Å². The third kappa shape index (κ3) is 5.39. The van der Waals surface area contributed by atoms with Gasteiger partial charge in [0, 0.05) is 43.6 Å². The molecule has 0 saturated carbocycles. The zero-order chi connectivity index (χ0) is 19.9. The molecule has 0 unspecified atom stereocenters. The average molecular weight is 419 g/mol. The molecule has 0 radical (unpaired) electrons. The molecule has 0 spiro atoms. The van der Waals surface area contributed by atoms with Crippen molar-refractivity contribution in [2.75, 3.05) is 31.1 Å². The van der Waals surface area contributed by atoms with E-state index in [2.05, 4.69) is 28.7 Å². The molecule has 0 bridgehead atoms. The van der Waals surface area contributed by atoms with Gasteiger partial charge in [-0.15, -0.1) is 0 Å². The molecule has 5 nitrogen and oxygen atoms in total. The van der Waals surface area contributed by atoms with Crippen LogP contribution in [0.4, 0.5) is 5.82 Å². The fourth-order valence-corrected chi connectivity index (χ4v) is 4.41. The van der Waals surface area contributed by atoms with Crippen molar-refractivity contribution in [3.63, 3.8) is 0 Å². The number of carbonyl (C=O) groups excluding carboxylic acids is 1. The molecular weight excluding hydrogens is 392 g/mol. The van der Waals surface area contributed by atoms with Crippen LogP contribution in [0.5, 0.6) is 0 Å². The molecule has 2 aromatic rings. The molecule has 2 heterocycles. The summed E-state index contributed by atoms with van der Waals surface area (Å²) in [5.41, 5.74) is 1.84. The number of anilines is 1. The number of nitrogens with zero attached hydrogens (tertiary/aromatic N) is 4. The predicted molar refractivity (Wildman–Crippen MR) is 116 cm³/mol. The Balaban J connectivity index is 1.69. The number of aromatic nitrogens is 2. The minimum atomic E-state index is 0.134. The van der Waals surface area contributed by atoms with Crippen LogP contribution in [0.2, 0.25) is 5.15 Å². The molecule has 1 aliphatic heterocycles. The molecule has 1 fully saturated rings. The summed E-state index contributed by atoms with van der Waals surface area (Å²) < 4.78 is 0. The van der Waals surface area contributed by atoms with Gasteiger partial charge >= 0.3 is 0 Å². The van der Waals surface area contributed by atoms with Crippen LogP contribution in [0, 0.1) is 0 Å². The van der Waals surface area contributed by atoms with Gasteiger partial charge in [0.1, 0.15) is 11.0 Å². The number of hydrogen-bond donors (Lipinski definition) is 0. The maximum Gasteiger partial charge on any atom is 0.253 e. The van der Waals surface area contributed by atoms with Gasteiger partial charge in [0.2, 0.25) is 0 Å². The Morgan fingerprint density at radius 1 is 1.14 bits per heavy atom. The van der Waals surface area contributed by atoms with Crippen LogP contribution in [0.1, 0.15) is 49.0 Å². The molecular formula is C21H27ClN4OS. The Morgan fingerprint density at radius 2 is 1.89 bits per heavy atom. The Morgan fingerprint density at radius 3 is 2.61 bits per heavy atom. The third-order valence-corrected chi connectivity index (χ3v) is 6.05. The first-order valence-electron chi connectivity index (χ1n) is 9.91. The van der Waals surface area contributed by atoms with Crippen molar-refractivity contribution >= 4 is 35.1 Å². The highest BCUT2D eigenvalue weighted by Gasteiger charge is 2.18. The zero-order valence-corrected chi connectivity index (χ0v) is 18.1. The van der Waals surface area contributed by atoms with Crippen LogP contribution >= 0.6 is 23.4 Å². The van der Waals surface area contributed by atoms with Gasteiger partial charge in [-0.3, -0.25) is 4.79 Å². The van der Waals surface area contributed by atoms with Gasteiger partial charge in [0.15, 0.2) is 5.16 Å². The maximum atomic E-state index is 12.7. The number of halogens is 1. The summed E-state index contributed by atoms with van der Waals surface area (Å²) in [5.74, 6) is 1.68. The summed E-state index contributed by atoms with van der Waals surface area (Å²) in [6.07, 6.45) is 3.42. The Kier molecular flexibility index (Phi) is 7.57. The lowest BCUT2D eigenvalue weighted by molar-refractivity contribution is 0.0724. The first-order valence-corrected chi connectivity index (χ1v) is 11.3.